The van der Waals surface area contributed by atoms with Gasteiger partial charge in [-0.15, -0.1) is 0 Å². The number of halogens is 1. The lowest BCUT2D eigenvalue weighted by atomic mass is 10.1. The van der Waals surface area contributed by atoms with Crippen LogP contribution < -0.4 is 16.4 Å². The molecule has 0 aliphatic carbocycles. The zero-order chi connectivity index (χ0) is 20.1. The van der Waals surface area contributed by atoms with Gasteiger partial charge in [0.15, 0.2) is 0 Å². The van der Waals surface area contributed by atoms with E-state index in [9.17, 15) is 14.0 Å². The number of hydrogen-bond donors (Lipinski definition) is 3. The smallest absolute Gasteiger partial charge is 0.255 e. The van der Waals surface area contributed by atoms with Crippen LogP contribution >= 0.6 is 0 Å². The summed E-state index contributed by atoms with van der Waals surface area (Å²) in [4.78, 5) is 24.5. The zero-order valence-electron chi connectivity index (χ0n) is 15.7. The third-order valence-corrected chi connectivity index (χ3v) is 4.80. The average molecular weight is 385 g/mol. The first kappa shape index (κ1) is 20.0. The topological polar surface area (TPSA) is 93.5 Å². The summed E-state index contributed by atoms with van der Waals surface area (Å²) in [5, 5.41) is 5.71. The minimum absolute atomic E-state index is 0.0462. The van der Waals surface area contributed by atoms with Gasteiger partial charge in [-0.3, -0.25) is 9.59 Å². The first-order chi connectivity index (χ1) is 13.5. The number of hydrogen-bond acceptors (Lipinski definition) is 4. The molecule has 1 aliphatic heterocycles. The van der Waals surface area contributed by atoms with Crippen molar-refractivity contribution in [3.63, 3.8) is 0 Å². The average Bonchev–Trinajstić information content (AvgIpc) is 3.18. The van der Waals surface area contributed by atoms with Crippen LogP contribution in [0.25, 0.3) is 0 Å². The minimum atomic E-state index is -0.453. The van der Waals surface area contributed by atoms with E-state index in [0.717, 1.165) is 12.0 Å². The molecule has 0 bridgehead atoms. The van der Waals surface area contributed by atoms with E-state index >= 15 is 0 Å². The number of rotatable bonds is 6. The monoisotopic (exact) mass is 385 g/mol. The second kappa shape index (κ2) is 8.95. The van der Waals surface area contributed by atoms with Crippen molar-refractivity contribution < 1.29 is 18.7 Å². The van der Waals surface area contributed by atoms with Crippen molar-refractivity contribution in [1.82, 2.24) is 5.32 Å². The summed E-state index contributed by atoms with van der Waals surface area (Å²) < 4.78 is 18.6. The van der Waals surface area contributed by atoms with Crippen LogP contribution in [0.3, 0.4) is 0 Å². The van der Waals surface area contributed by atoms with Crippen molar-refractivity contribution >= 4 is 17.5 Å². The summed E-state index contributed by atoms with van der Waals surface area (Å²) in [5.74, 6) is -0.849. The van der Waals surface area contributed by atoms with Crippen LogP contribution in [0.4, 0.5) is 10.1 Å². The van der Waals surface area contributed by atoms with Gasteiger partial charge in [0.25, 0.3) is 5.91 Å². The molecule has 0 radical (unpaired) electrons. The van der Waals surface area contributed by atoms with Gasteiger partial charge in [0.05, 0.1) is 12.1 Å². The van der Waals surface area contributed by atoms with Gasteiger partial charge in [-0.05, 0) is 61.7 Å². The highest BCUT2D eigenvalue weighted by Crippen LogP contribution is 2.21. The van der Waals surface area contributed by atoms with Gasteiger partial charge >= 0.3 is 0 Å². The molecule has 0 spiro atoms. The van der Waals surface area contributed by atoms with Gasteiger partial charge in [-0.1, -0.05) is 12.1 Å². The lowest BCUT2D eigenvalue weighted by Crippen LogP contribution is -2.37. The molecule has 1 aliphatic rings. The molecule has 1 fully saturated rings. The van der Waals surface area contributed by atoms with E-state index in [1.807, 2.05) is 19.1 Å². The molecule has 0 aromatic heterocycles. The fourth-order valence-electron chi connectivity index (χ4n) is 3.12. The summed E-state index contributed by atoms with van der Waals surface area (Å²) >= 11 is 0. The third kappa shape index (κ3) is 4.94. The molecule has 3 rings (SSSR count). The molecule has 1 unspecified atom stereocenters. The summed E-state index contributed by atoms with van der Waals surface area (Å²) in [5.41, 5.74) is 7.47. The maximum Gasteiger partial charge on any atom is 0.255 e. The lowest BCUT2D eigenvalue weighted by Gasteiger charge is -2.18. The van der Waals surface area contributed by atoms with Crippen molar-refractivity contribution in [2.24, 2.45) is 5.73 Å². The van der Waals surface area contributed by atoms with Gasteiger partial charge in [-0.25, -0.2) is 4.39 Å². The normalized spacial score (nSPS) is 19.8. The number of benzene rings is 2. The van der Waals surface area contributed by atoms with Crippen LogP contribution in [0.15, 0.2) is 48.5 Å². The van der Waals surface area contributed by atoms with E-state index in [1.54, 1.807) is 12.1 Å². The zero-order valence-corrected chi connectivity index (χ0v) is 15.7. The van der Waals surface area contributed by atoms with E-state index < -0.39 is 11.9 Å². The first-order valence-corrected chi connectivity index (χ1v) is 9.29. The molecule has 1 heterocycles. The standard InChI is InChI=1S/C21H24FN3O3/c1-13(24-21(27)19-11-10-18(12-23)28-19)14-4-8-17(9-5-14)25-20(26)15-2-6-16(22)7-3-15/h2-9,13,18-19H,10-12,23H2,1H3,(H,24,27)(H,25,26)/t13?,18-,19+/m1/s1. The Labute approximate surface area is 163 Å². The number of nitrogens with one attached hydrogen (secondary N) is 2. The highest BCUT2D eigenvalue weighted by atomic mass is 19.1. The molecule has 148 valence electrons. The largest absolute Gasteiger partial charge is 0.364 e. The Morgan fingerprint density at radius 2 is 1.82 bits per heavy atom. The van der Waals surface area contributed by atoms with Crippen LogP contribution in [-0.4, -0.2) is 30.6 Å². The van der Waals surface area contributed by atoms with Gasteiger partial charge in [-0.2, -0.15) is 0 Å². The van der Waals surface area contributed by atoms with Crippen molar-refractivity contribution in [3.8, 4) is 0 Å². The van der Waals surface area contributed by atoms with Gasteiger partial charge < -0.3 is 21.1 Å². The van der Waals surface area contributed by atoms with Crippen LogP contribution in [0.1, 0.15) is 41.7 Å². The van der Waals surface area contributed by atoms with Crippen LogP contribution in [-0.2, 0) is 9.53 Å². The summed E-state index contributed by atoms with van der Waals surface area (Å²) in [6.07, 6.45) is 0.973. The third-order valence-electron chi connectivity index (χ3n) is 4.80. The number of nitrogens with two attached hydrogens (primary N) is 1. The Morgan fingerprint density at radius 3 is 2.43 bits per heavy atom. The molecular formula is C21H24FN3O3. The quantitative estimate of drug-likeness (QED) is 0.713. The number of carbonyl (C=O) groups is 2. The minimum Gasteiger partial charge on any atom is -0.364 e. The fraction of sp³-hybridized carbons (Fsp3) is 0.333. The molecule has 2 amide bonds. The Kier molecular flexibility index (Phi) is 6.38. The van der Waals surface area contributed by atoms with E-state index in [4.69, 9.17) is 10.5 Å². The molecule has 1 saturated heterocycles. The summed E-state index contributed by atoms with van der Waals surface area (Å²) in [7, 11) is 0. The maximum atomic E-state index is 12.9. The SMILES string of the molecule is CC(NC(=O)[C@@H]1CC[C@H](CN)O1)c1ccc(NC(=O)c2ccc(F)cc2)cc1. The fourth-order valence-corrected chi connectivity index (χ4v) is 3.12. The van der Waals surface area contributed by atoms with Crippen molar-refractivity contribution in [1.29, 1.82) is 0 Å². The molecule has 4 N–H and O–H groups in total. The Balaban J connectivity index is 1.55. The van der Waals surface area contributed by atoms with Gasteiger partial charge in [0, 0.05) is 17.8 Å². The molecule has 0 saturated carbocycles. The highest BCUT2D eigenvalue weighted by Gasteiger charge is 2.30. The molecule has 3 atom stereocenters. The predicted molar refractivity (Wildman–Crippen MR) is 104 cm³/mol. The van der Waals surface area contributed by atoms with Crippen molar-refractivity contribution in [2.45, 2.75) is 38.0 Å². The van der Waals surface area contributed by atoms with Gasteiger partial charge in [0.1, 0.15) is 11.9 Å². The Hall–Kier alpha value is -2.77. The van der Waals surface area contributed by atoms with E-state index in [-0.39, 0.29) is 24.0 Å². The Bertz CT molecular complexity index is 824. The van der Waals surface area contributed by atoms with Crippen molar-refractivity contribution in [3.05, 3.63) is 65.5 Å². The highest BCUT2D eigenvalue weighted by molar-refractivity contribution is 6.04. The Morgan fingerprint density at radius 1 is 1.14 bits per heavy atom. The predicted octanol–water partition coefficient (Wildman–Crippen LogP) is 2.76. The maximum absolute atomic E-state index is 12.9. The molecule has 2 aromatic carbocycles. The summed E-state index contributed by atoms with van der Waals surface area (Å²) in [6, 6.07) is 12.3. The molecule has 6 nitrogen and oxygen atoms in total. The molecule has 28 heavy (non-hydrogen) atoms. The van der Waals surface area contributed by atoms with Crippen LogP contribution in [0, 0.1) is 5.82 Å². The second-order valence-corrected chi connectivity index (χ2v) is 6.87. The van der Waals surface area contributed by atoms with E-state index in [0.29, 0.717) is 24.2 Å². The molecular weight excluding hydrogens is 361 g/mol. The second-order valence-electron chi connectivity index (χ2n) is 6.87. The van der Waals surface area contributed by atoms with Crippen LogP contribution in [0.5, 0.6) is 0 Å². The van der Waals surface area contributed by atoms with E-state index in [2.05, 4.69) is 10.6 Å². The van der Waals surface area contributed by atoms with E-state index in [1.165, 1.54) is 24.3 Å². The number of amides is 2. The molecule has 2 aromatic rings. The molecule has 7 heteroatoms. The summed E-state index contributed by atoms with van der Waals surface area (Å²) in [6.45, 7) is 2.31. The van der Waals surface area contributed by atoms with Gasteiger partial charge in [0.2, 0.25) is 5.91 Å². The van der Waals surface area contributed by atoms with Crippen molar-refractivity contribution in [2.75, 3.05) is 11.9 Å². The number of ether oxygens (including phenoxy) is 1. The number of anilines is 1. The van der Waals surface area contributed by atoms with Crippen LogP contribution in [0.2, 0.25) is 0 Å². The first-order valence-electron chi connectivity index (χ1n) is 9.29. The lowest BCUT2D eigenvalue weighted by molar-refractivity contribution is -0.132. The number of carbonyl (C=O) groups excluding carboxylic acids is 2.